The average Bonchev–Trinajstić information content (AvgIpc) is 3.38. The molecule has 0 spiro atoms. The molecule has 24 heavy (non-hydrogen) atoms. The Kier molecular flexibility index (Phi) is 4.38. The van der Waals surface area contributed by atoms with Crippen LogP contribution in [0.25, 0.3) is 0 Å². The molecule has 4 rings (SSSR count). The van der Waals surface area contributed by atoms with Gasteiger partial charge in [-0.1, -0.05) is 6.42 Å². The SMILES string of the molecule is COC(=O)C1(C2(O)CCCN(C3CCN(C4CC4)CC3)C2)CCC1. The van der Waals surface area contributed by atoms with Gasteiger partial charge in [0.1, 0.15) is 0 Å². The van der Waals surface area contributed by atoms with Crippen LogP contribution in [0.5, 0.6) is 0 Å². The highest BCUT2D eigenvalue weighted by Gasteiger charge is 2.61. The van der Waals surface area contributed by atoms with E-state index < -0.39 is 11.0 Å². The first-order chi connectivity index (χ1) is 11.6. The highest BCUT2D eigenvalue weighted by Crippen LogP contribution is 2.53. The van der Waals surface area contributed by atoms with E-state index in [-0.39, 0.29) is 5.97 Å². The molecule has 2 aliphatic carbocycles. The van der Waals surface area contributed by atoms with Crippen LogP contribution in [0.15, 0.2) is 0 Å². The molecule has 2 saturated heterocycles. The van der Waals surface area contributed by atoms with Crippen molar-refractivity contribution in [2.75, 3.05) is 33.3 Å². The van der Waals surface area contributed by atoms with Crippen molar-refractivity contribution in [3.8, 4) is 0 Å². The molecule has 0 bridgehead atoms. The number of esters is 1. The monoisotopic (exact) mass is 336 g/mol. The van der Waals surface area contributed by atoms with Crippen LogP contribution in [-0.4, -0.2) is 71.8 Å². The first-order valence-corrected chi connectivity index (χ1v) is 9.87. The second-order valence-electron chi connectivity index (χ2n) is 8.53. The summed E-state index contributed by atoms with van der Waals surface area (Å²) < 4.78 is 5.08. The van der Waals surface area contributed by atoms with E-state index >= 15 is 0 Å². The van der Waals surface area contributed by atoms with E-state index in [0.717, 1.165) is 44.7 Å². The molecule has 5 nitrogen and oxygen atoms in total. The molecule has 136 valence electrons. The molecular formula is C19H32N2O3. The van der Waals surface area contributed by atoms with Crippen LogP contribution in [-0.2, 0) is 9.53 Å². The summed E-state index contributed by atoms with van der Waals surface area (Å²) in [6.07, 6.45) is 9.49. The topological polar surface area (TPSA) is 53.0 Å². The van der Waals surface area contributed by atoms with Crippen molar-refractivity contribution in [2.24, 2.45) is 5.41 Å². The van der Waals surface area contributed by atoms with E-state index in [2.05, 4.69) is 9.80 Å². The molecule has 1 atom stereocenters. The van der Waals surface area contributed by atoms with Crippen LogP contribution in [0.1, 0.15) is 57.8 Å². The molecule has 0 radical (unpaired) electrons. The lowest BCUT2D eigenvalue weighted by atomic mass is 9.56. The van der Waals surface area contributed by atoms with Gasteiger partial charge in [0.2, 0.25) is 0 Å². The number of methoxy groups -OCH3 is 1. The van der Waals surface area contributed by atoms with Gasteiger partial charge in [0, 0.05) is 18.6 Å². The number of hydrogen-bond acceptors (Lipinski definition) is 5. The summed E-state index contributed by atoms with van der Waals surface area (Å²) in [5, 5.41) is 11.4. The third kappa shape index (κ3) is 2.69. The van der Waals surface area contributed by atoms with Gasteiger partial charge in [0.25, 0.3) is 0 Å². The van der Waals surface area contributed by atoms with Crippen molar-refractivity contribution in [1.29, 1.82) is 0 Å². The Hall–Kier alpha value is -0.650. The van der Waals surface area contributed by atoms with Gasteiger partial charge in [-0.3, -0.25) is 9.69 Å². The maximum atomic E-state index is 12.4. The van der Waals surface area contributed by atoms with Gasteiger partial charge in [-0.15, -0.1) is 0 Å². The van der Waals surface area contributed by atoms with Crippen molar-refractivity contribution in [2.45, 2.75) is 75.5 Å². The van der Waals surface area contributed by atoms with E-state index in [0.29, 0.717) is 12.6 Å². The first-order valence-electron chi connectivity index (χ1n) is 9.87. The number of hydrogen-bond donors (Lipinski definition) is 1. The normalized spacial score (nSPS) is 35.4. The standard InChI is InChI=1S/C19H32N2O3/c1-24-17(22)18(8-2-9-18)19(23)10-3-11-21(14-19)16-6-12-20(13-7-16)15-4-5-15/h15-16,23H,2-14H2,1H3. The van der Waals surface area contributed by atoms with Gasteiger partial charge < -0.3 is 14.7 Å². The quantitative estimate of drug-likeness (QED) is 0.793. The molecule has 0 aromatic rings. The molecular weight excluding hydrogens is 304 g/mol. The predicted molar refractivity (Wildman–Crippen MR) is 91.7 cm³/mol. The van der Waals surface area contributed by atoms with Gasteiger partial charge in [-0.25, -0.2) is 0 Å². The fraction of sp³-hybridized carbons (Fsp3) is 0.947. The maximum Gasteiger partial charge on any atom is 0.314 e. The number of ether oxygens (including phenoxy) is 1. The van der Waals surface area contributed by atoms with Crippen LogP contribution in [0.4, 0.5) is 0 Å². The Morgan fingerprint density at radius 1 is 0.958 bits per heavy atom. The summed E-state index contributed by atoms with van der Waals surface area (Å²) in [7, 11) is 1.46. The summed E-state index contributed by atoms with van der Waals surface area (Å²) >= 11 is 0. The van der Waals surface area contributed by atoms with Crippen molar-refractivity contribution in [3.05, 3.63) is 0 Å². The predicted octanol–water partition coefficient (Wildman–Crippen LogP) is 1.78. The molecule has 1 N–H and O–H groups in total. The molecule has 0 aromatic carbocycles. The number of rotatable bonds is 4. The van der Waals surface area contributed by atoms with E-state index in [1.807, 2.05) is 0 Å². The average molecular weight is 336 g/mol. The van der Waals surface area contributed by atoms with Crippen LogP contribution < -0.4 is 0 Å². The van der Waals surface area contributed by atoms with Crippen LogP contribution in [0, 0.1) is 5.41 Å². The second kappa shape index (κ2) is 6.26. The van der Waals surface area contributed by atoms with Gasteiger partial charge in [-0.05, 0) is 71.0 Å². The lowest BCUT2D eigenvalue weighted by Crippen LogP contribution is -2.65. The number of carbonyl (C=O) groups is 1. The van der Waals surface area contributed by atoms with Gasteiger partial charge in [0.05, 0.1) is 18.1 Å². The van der Waals surface area contributed by atoms with E-state index in [1.165, 1.54) is 45.9 Å². The van der Waals surface area contributed by atoms with Crippen molar-refractivity contribution in [3.63, 3.8) is 0 Å². The van der Waals surface area contributed by atoms with Crippen molar-refractivity contribution in [1.82, 2.24) is 9.80 Å². The number of piperidine rings is 2. The molecule has 2 aliphatic heterocycles. The number of likely N-dealkylation sites (tertiary alicyclic amines) is 2. The van der Waals surface area contributed by atoms with E-state index in [1.54, 1.807) is 0 Å². The summed E-state index contributed by atoms with van der Waals surface area (Å²) in [4.78, 5) is 17.6. The molecule has 0 amide bonds. The Bertz CT molecular complexity index is 481. The highest BCUT2D eigenvalue weighted by molar-refractivity contribution is 5.79. The molecule has 5 heteroatoms. The molecule has 4 aliphatic rings. The summed E-state index contributed by atoms with van der Waals surface area (Å²) in [5.41, 5.74) is -1.54. The summed E-state index contributed by atoms with van der Waals surface area (Å²) in [5.74, 6) is -0.193. The maximum absolute atomic E-state index is 12.4. The Balaban J connectivity index is 1.42. The van der Waals surface area contributed by atoms with E-state index in [4.69, 9.17) is 4.74 Å². The smallest absolute Gasteiger partial charge is 0.314 e. The molecule has 2 saturated carbocycles. The molecule has 1 unspecified atom stereocenters. The highest BCUT2D eigenvalue weighted by atomic mass is 16.5. The van der Waals surface area contributed by atoms with Gasteiger partial charge >= 0.3 is 5.97 Å². The number of nitrogens with zero attached hydrogens (tertiary/aromatic N) is 2. The van der Waals surface area contributed by atoms with Crippen molar-refractivity contribution >= 4 is 5.97 Å². The zero-order valence-corrected chi connectivity index (χ0v) is 15.0. The third-order valence-corrected chi connectivity index (χ3v) is 7.25. The molecule has 4 fully saturated rings. The fourth-order valence-corrected chi connectivity index (χ4v) is 5.41. The third-order valence-electron chi connectivity index (χ3n) is 7.25. The number of carbonyl (C=O) groups excluding carboxylic acids is 1. The first kappa shape index (κ1) is 16.8. The zero-order chi connectivity index (χ0) is 16.8. The Morgan fingerprint density at radius 3 is 2.17 bits per heavy atom. The van der Waals surface area contributed by atoms with E-state index in [9.17, 15) is 9.90 Å². The fourth-order valence-electron chi connectivity index (χ4n) is 5.41. The van der Waals surface area contributed by atoms with Crippen LogP contribution >= 0.6 is 0 Å². The van der Waals surface area contributed by atoms with Crippen LogP contribution in [0.2, 0.25) is 0 Å². The number of aliphatic hydroxyl groups is 1. The Labute approximate surface area is 145 Å². The largest absolute Gasteiger partial charge is 0.469 e. The minimum absolute atomic E-state index is 0.193. The number of β-amino-alcohol motifs (C(OH)–C–C–N with tert-alkyl or cyclic N) is 1. The minimum Gasteiger partial charge on any atom is -0.469 e. The van der Waals surface area contributed by atoms with Crippen LogP contribution in [0.3, 0.4) is 0 Å². The lowest BCUT2D eigenvalue weighted by molar-refractivity contribution is -0.200. The zero-order valence-electron chi connectivity index (χ0n) is 15.0. The molecule has 2 heterocycles. The van der Waals surface area contributed by atoms with Gasteiger partial charge in [-0.2, -0.15) is 0 Å². The van der Waals surface area contributed by atoms with Gasteiger partial charge in [0.15, 0.2) is 0 Å². The second-order valence-corrected chi connectivity index (χ2v) is 8.53. The summed E-state index contributed by atoms with van der Waals surface area (Å²) in [6.45, 7) is 4.11. The minimum atomic E-state index is -0.899. The lowest BCUT2D eigenvalue weighted by Gasteiger charge is -2.55. The summed E-state index contributed by atoms with van der Waals surface area (Å²) in [6, 6.07) is 1.43. The Morgan fingerprint density at radius 2 is 1.62 bits per heavy atom. The van der Waals surface area contributed by atoms with Crippen molar-refractivity contribution < 1.29 is 14.6 Å². The molecule has 0 aromatic heterocycles.